The molecule has 0 aliphatic rings. The highest BCUT2D eigenvalue weighted by molar-refractivity contribution is 9.10. The Morgan fingerprint density at radius 2 is 2.04 bits per heavy atom. The number of carbonyl (C=O) groups is 1. The second kappa shape index (κ2) is 7.94. The number of esters is 1. The van der Waals surface area contributed by atoms with Crippen LogP contribution < -0.4 is 4.74 Å². The second-order valence-electron chi connectivity index (χ2n) is 5.24. The fourth-order valence-electron chi connectivity index (χ4n) is 2.10. The van der Waals surface area contributed by atoms with Crippen molar-refractivity contribution in [1.82, 2.24) is 10.1 Å². The molecule has 0 saturated heterocycles. The highest BCUT2D eigenvalue weighted by Crippen LogP contribution is 2.20. The molecule has 0 N–H and O–H groups in total. The van der Waals surface area contributed by atoms with E-state index in [2.05, 4.69) is 26.1 Å². The van der Waals surface area contributed by atoms with Crippen LogP contribution in [0.1, 0.15) is 11.5 Å². The first-order valence-corrected chi connectivity index (χ1v) is 8.34. The number of benzene rings is 2. The number of ether oxygens (including phenoxy) is 2. The third-order valence-corrected chi connectivity index (χ3v) is 3.84. The first kappa shape index (κ1) is 17.2. The van der Waals surface area contributed by atoms with E-state index in [0.29, 0.717) is 11.6 Å². The van der Waals surface area contributed by atoms with Crippen molar-refractivity contribution >= 4 is 21.9 Å². The van der Waals surface area contributed by atoms with Crippen LogP contribution in [0.3, 0.4) is 0 Å². The normalized spacial score (nSPS) is 10.5. The molecule has 0 bridgehead atoms. The van der Waals surface area contributed by atoms with Crippen LogP contribution >= 0.6 is 15.9 Å². The number of aromatic nitrogens is 2. The molecule has 0 radical (unpaired) electrons. The summed E-state index contributed by atoms with van der Waals surface area (Å²) < 4.78 is 16.5. The fourth-order valence-corrected chi connectivity index (χ4v) is 2.50. The Hall–Kier alpha value is -2.67. The standard InChI is InChI=1S/C18H15BrN2O4/c1-12-5-2-3-8-15(12)23-11-17(22)24-10-16-20-18(21-25-16)13-6-4-7-14(19)9-13/h2-9H,10-11H2,1H3. The molecule has 2 aromatic carbocycles. The van der Waals surface area contributed by atoms with Crippen molar-refractivity contribution in [3.63, 3.8) is 0 Å². The Bertz CT molecular complexity index is 879. The van der Waals surface area contributed by atoms with Crippen molar-refractivity contribution < 1.29 is 18.8 Å². The minimum absolute atomic E-state index is 0.100. The summed E-state index contributed by atoms with van der Waals surface area (Å²) in [6.07, 6.45) is 0. The summed E-state index contributed by atoms with van der Waals surface area (Å²) in [7, 11) is 0. The average molecular weight is 403 g/mol. The number of para-hydroxylation sites is 1. The molecule has 7 heteroatoms. The Morgan fingerprint density at radius 1 is 1.20 bits per heavy atom. The Balaban J connectivity index is 1.52. The third-order valence-electron chi connectivity index (χ3n) is 3.35. The molecule has 0 spiro atoms. The van der Waals surface area contributed by atoms with Gasteiger partial charge in [0.15, 0.2) is 13.2 Å². The predicted octanol–water partition coefficient (Wildman–Crippen LogP) is 3.93. The third kappa shape index (κ3) is 4.67. The molecule has 6 nitrogen and oxygen atoms in total. The van der Waals surface area contributed by atoms with E-state index in [0.717, 1.165) is 15.6 Å². The number of rotatable bonds is 6. The molecule has 0 saturated carbocycles. The van der Waals surface area contributed by atoms with Crippen LogP contribution in [0.15, 0.2) is 57.5 Å². The van der Waals surface area contributed by atoms with Gasteiger partial charge in [0.1, 0.15) is 5.75 Å². The summed E-state index contributed by atoms with van der Waals surface area (Å²) in [6, 6.07) is 15.0. The maximum atomic E-state index is 11.8. The number of aryl methyl sites for hydroxylation is 1. The van der Waals surface area contributed by atoms with Crippen LogP contribution in [0.25, 0.3) is 11.4 Å². The predicted molar refractivity (Wildman–Crippen MR) is 93.9 cm³/mol. The zero-order valence-electron chi connectivity index (χ0n) is 13.4. The van der Waals surface area contributed by atoms with Crippen LogP contribution in [0, 0.1) is 6.92 Å². The first-order valence-electron chi connectivity index (χ1n) is 7.54. The zero-order valence-corrected chi connectivity index (χ0v) is 15.0. The molecular formula is C18H15BrN2O4. The summed E-state index contributed by atoms with van der Waals surface area (Å²) in [6.45, 7) is 1.62. The van der Waals surface area contributed by atoms with Gasteiger partial charge in [0.05, 0.1) is 0 Å². The van der Waals surface area contributed by atoms with Gasteiger partial charge in [-0.3, -0.25) is 0 Å². The van der Waals surface area contributed by atoms with E-state index in [1.54, 1.807) is 6.07 Å². The summed E-state index contributed by atoms with van der Waals surface area (Å²) in [5.74, 6) is 0.794. The average Bonchev–Trinajstić information content (AvgIpc) is 3.08. The summed E-state index contributed by atoms with van der Waals surface area (Å²) in [4.78, 5) is 16.0. The van der Waals surface area contributed by atoms with E-state index in [9.17, 15) is 4.79 Å². The van der Waals surface area contributed by atoms with Gasteiger partial charge in [-0.25, -0.2) is 4.79 Å². The van der Waals surface area contributed by atoms with Gasteiger partial charge in [-0.15, -0.1) is 0 Å². The van der Waals surface area contributed by atoms with Crippen molar-refractivity contribution in [1.29, 1.82) is 0 Å². The molecule has 1 heterocycles. The fraction of sp³-hybridized carbons (Fsp3) is 0.167. The van der Waals surface area contributed by atoms with E-state index < -0.39 is 5.97 Å². The van der Waals surface area contributed by atoms with Crippen LogP contribution in [-0.4, -0.2) is 22.7 Å². The topological polar surface area (TPSA) is 74.5 Å². The second-order valence-corrected chi connectivity index (χ2v) is 6.15. The van der Waals surface area contributed by atoms with Crippen molar-refractivity contribution in [2.24, 2.45) is 0 Å². The Morgan fingerprint density at radius 3 is 2.84 bits per heavy atom. The lowest BCUT2D eigenvalue weighted by Gasteiger charge is -2.07. The highest BCUT2D eigenvalue weighted by atomic mass is 79.9. The lowest BCUT2D eigenvalue weighted by atomic mass is 10.2. The SMILES string of the molecule is Cc1ccccc1OCC(=O)OCc1nc(-c2cccc(Br)c2)no1. The number of halogens is 1. The lowest BCUT2D eigenvalue weighted by Crippen LogP contribution is -2.15. The zero-order chi connectivity index (χ0) is 17.6. The van der Waals surface area contributed by atoms with E-state index >= 15 is 0 Å². The number of hydrogen-bond acceptors (Lipinski definition) is 6. The van der Waals surface area contributed by atoms with Crippen LogP contribution in [0.5, 0.6) is 5.75 Å². The van der Waals surface area contributed by atoms with E-state index in [1.165, 1.54) is 0 Å². The minimum Gasteiger partial charge on any atom is -0.482 e. The Labute approximate surface area is 152 Å². The van der Waals surface area contributed by atoms with Crippen molar-refractivity contribution in [2.45, 2.75) is 13.5 Å². The van der Waals surface area contributed by atoms with E-state index in [-0.39, 0.29) is 19.1 Å². The molecule has 1 aromatic heterocycles. The molecule has 0 aliphatic heterocycles. The van der Waals surface area contributed by atoms with Gasteiger partial charge < -0.3 is 14.0 Å². The van der Waals surface area contributed by atoms with Crippen LogP contribution in [0.4, 0.5) is 0 Å². The maximum Gasteiger partial charge on any atom is 0.344 e. The molecule has 3 aromatic rings. The largest absolute Gasteiger partial charge is 0.482 e. The van der Waals surface area contributed by atoms with Crippen molar-refractivity contribution in [2.75, 3.05) is 6.61 Å². The number of hydrogen-bond donors (Lipinski definition) is 0. The molecule has 3 rings (SSSR count). The number of carbonyl (C=O) groups excluding carboxylic acids is 1. The Kier molecular flexibility index (Phi) is 5.45. The molecule has 128 valence electrons. The van der Waals surface area contributed by atoms with Gasteiger partial charge in [0.2, 0.25) is 5.82 Å². The molecular weight excluding hydrogens is 388 g/mol. The molecule has 25 heavy (non-hydrogen) atoms. The van der Waals surface area contributed by atoms with Gasteiger partial charge >= 0.3 is 5.97 Å². The highest BCUT2D eigenvalue weighted by Gasteiger charge is 2.12. The molecule has 0 aliphatic carbocycles. The molecule has 0 amide bonds. The molecule has 0 unspecified atom stereocenters. The summed E-state index contributed by atoms with van der Waals surface area (Å²) >= 11 is 3.39. The van der Waals surface area contributed by atoms with Gasteiger partial charge in [0.25, 0.3) is 5.89 Å². The lowest BCUT2D eigenvalue weighted by molar-refractivity contribution is -0.148. The smallest absolute Gasteiger partial charge is 0.344 e. The van der Waals surface area contributed by atoms with Gasteiger partial charge in [-0.2, -0.15) is 4.98 Å². The van der Waals surface area contributed by atoms with Gasteiger partial charge in [0, 0.05) is 10.0 Å². The van der Waals surface area contributed by atoms with Gasteiger partial charge in [-0.05, 0) is 30.7 Å². The molecule has 0 fully saturated rings. The van der Waals surface area contributed by atoms with Crippen LogP contribution in [-0.2, 0) is 16.1 Å². The van der Waals surface area contributed by atoms with E-state index in [4.69, 9.17) is 14.0 Å². The number of nitrogens with zero attached hydrogens (tertiary/aromatic N) is 2. The quantitative estimate of drug-likeness (QED) is 0.581. The monoisotopic (exact) mass is 402 g/mol. The van der Waals surface area contributed by atoms with Crippen LogP contribution in [0.2, 0.25) is 0 Å². The van der Waals surface area contributed by atoms with E-state index in [1.807, 2.05) is 49.4 Å². The summed E-state index contributed by atoms with van der Waals surface area (Å²) in [5, 5.41) is 3.88. The van der Waals surface area contributed by atoms with Gasteiger partial charge in [-0.1, -0.05) is 51.4 Å². The first-order chi connectivity index (χ1) is 12.1. The molecule has 0 atom stereocenters. The van der Waals surface area contributed by atoms with Crippen molar-refractivity contribution in [3.8, 4) is 17.1 Å². The minimum atomic E-state index is -0.509. The summed E-state index contributed by atoms with van der Waals surface area (Å²) in [5.41, 5.74) is 1.75. The van der Waals surface area contributed by atoms with Crippen molar-refractivity contribution in [3.05, 3.63) is 64.5 Å². The maximum absolute atomic E-state index is 11.8.